The first-order chi connectivity index (χ1) is 22.8. The monoisotopic (exact) mass is 663 g/mol. The molecule has 0 aromatic carbocycles. The van der Waals surface area contributed by atoms with E-state index in [0.717, 1.165) is 0 Å². The summed E-state index contributed by atoms with van der Waals surface area (Å²) in [6.45, 7) is 7.28. The molecule has 0 unspecified atom stereocenters. The van der Waals surface area contributed by atoms with Crippen LogP contribution in [0.3, 0.4) is 0 Å². The lowest BCUT2D eigenvalue weighted by Crippen LogP contribution is -2.05. The molecular formula is C45H94Si. The van der Waals surface area contributed by atoms with Gasteiger partial charge in [0.15, 0.2) is 0 Å². The highest BCUT2D eigenvalue weighted by molar-refractivity contribution is 6.57. The molecule has 0 spiro atoms. The van der Waals surface area contributed by atoms with Crippen LogP contribution in [0.1, 0.15) is 271 Å². The molecule has 0 bridgehead atoms. The van der Waals surface area contributed by atoms with Crippen molar-refractivity contribution in [2.24, 2.45) is 0 Å². The van der Waals surface area contributed by atoms with Crippen molar-refractivity contribution >= 4 is 8.80 Å². The van der Waals surface area contributed by atoms with Crippen LogP contribution in [-0.2, 0) is 0 Å². The Morgan fingerprint density at radius 3 is 0.478 bits per heavy atom. The van der Waals surface area contributed by atoms with Crippen LogP contribution < -0.4 is 0 Å². The predicted molar refractivity (Wildman–Crippen MR) is 219 cm³/mol. The van der Waals surface area contributed by atoms with E-state index in [1.54, 1.807) is 24.9 Å². The summed E-state index contributed by atoms with van der Waals surface area (Å²) < 4.78 is 0. The van der Waals surface area contributed by atoms with Crippen LogP contribution in [-0.4, -0.2) is 8.80 Å². The Bertz CT molecular complexity index is 457. The van der Waals surface area contributed by atoms with Gasteiger partial charge in [-0.15, -0.1) is 0 Å². The van der Waals surface area contributed by atoms with E-state index in [1.807, 2.05) is 0 Å². The Kier molecular flexibility index (Phi) is 43.4. The van der Waals surface area contributed by atoms with Crippen molar-refractivity contribution in [3.63, 3.8) is 0 Å². The number of hydrogen-bond acceptors (Lipinski definition) is 0. The van der Waals surface area contributed by atoms with E-state index < -0.39 is 8.80 Å². The SMILES string of the molecule is CCCCCCCCCCCCCCCCCCCCCC[SiH](C)CCCCCCCCCCCCCCCCCCCCCC. The zero-order valence-corrected chi connectivity index (χ0v) is 34.4. The van der Waals surface area contributed by atoms with Crippen LogP contribution in [0.25, 0.3) is 0 Å². The fraction of sp³-hybridized carbons (Fsp3) is 1.00. The fourth-order valence-electron chi connectivity index (χ4n) is 7.64. The lowest BCUT2D eigenvalue weighted by atomic mass is 10.0. The summed E-state index contributed by atoms with van der Waals surface area (Å²) in [7, 11) is -0.400. The molecule has 0 saturated heterocycles. The highest BCUT2D eigenvalue weighted by atomic mass is 28.3. The molecule has 0 rings (SSSR count). The molecule has 46 heavy (non-hydrogen) atoms. The van der Waals surface area contributed by atoms with Crippen molar-refractivity contribution in [1.29, 1.82) is 0 Å². The summed E-state index contributed by atoms with van der Waals surface area (Å²) in [5.74, 6) is 0. The second-order valence-electron chi connectivity index (χ2n) is 16.1. The maximum atomic E-state index is 2.66. The summed E-state index contributed by atoms with van der Waals surface area (Å²) in [5.41, 5.74) is 0. The largest absolute Gasteiger partial charge is 0.0720 e. The van der Waals surface area contributed by atoms with Gasteiger partial charge in [-0.25, -0.2) is 0 Å². The maximum Gasteiger partial charge on any atom is 0.0336 e. The molecule has 0 radical (unpaired) electrons. The Morgan fingerprint density at radius 1 is 0.196 bits per heavy atom. The van der Waals surface area contributed by atoms with Crippen molar-refractivity contribution < 1.29 is 0 Å². The lowest BCUT2D eigenvalue weighted by Gasteiger charge is -2.10. The summed E-state index contributed by atoms with van der Waals surface area (Å²) in [6.07, 6.45) is 59.6. The van der Waals surface area contributed by atoms with Crippen LogP contribution in [0.5, 0.6) is 0 Å². The third-order valence-electron chi connectivity index (χ3n) is 11.1. The smallest absolute Gasteiger partial charge is 0.0336 e. The van der Waals surface area contributed by atoms with Gasteiger partial charge in [-0.2, -0.15) is 0 Å². The van der Waals surface area contributed by atoms with Gasteiger partial charge in [0, 0.05) is 8.80 Å². The summed E-state index contributed by atoms with van der Waals surface area (Å²) in [4.78, 5) is 0. The normalized spacial score (nSPS) is 11.7. The van der Waals surface area contributed by atoms with Crippen LogP contribution in [0.4, 0.5) is 0 Å². The molecule has 0 atom stereocenters. The van der Waals surface area contributed by atoms with Crippen molar-refractivity contribution in [1.82, 2.24) is 0 Å². The topological polar surface area (TPSA) is 0 Å². The maximum absolute atomic E-state index is 2.66. The van der Waals surface area contributed by atoms with Gasteiger partial charge in [-0.1, -0.05) is 289 Å². The van der Waals surface area contributed by atoms with E-state index >= 15 is 0 Å². The van der Waals surface area contributed by atoms with E-state index in [1.165, 1.54) is 244 Å². The first-order valence-corrected chi connectivity index (χ1v) is 25.6. The van der Waals surface area contributed by atoms with Gasteiger partial charge in [0.05, 0.1) is 0 Å². The average Bonchev–Trinajstić information content (AvgIpc) is 3.06. The molecule has 0 amide bonds. The molecule has 0 fully saturated rings. The van der Waals surface area contributed by atoms with Crippen LogP contribution in [0.15, 0.2) is 0 Å². The number of rotatable bonds is 42. The zero-order valence-electron chi connectivity index (χ0n) is 33.3. The Morgan fingerprint density at radius 2 is 0.326 bits per heavy atom. The Balaban J connectivity index is 3.13. The molecule has 0 aromatic heterocycles. The molecule has 0 aliphatic rings. The second kappa shape index (κ2) is 43.2. The van der Waals surface area contributed by atoms with Crippen molar-refractivity contribution in [3.8, 4) is 0 Å². The first-order valence-electron chi connectivity index (χ1n) is 22.8. The molecule has 1 heteroatoms. The van der Waals surface area contributed by atoms with Gasteiger partial charge in [-0.3, -0.25) is 0 Å². The molecule has 0 nitrogen and oxygen atoms in total. The van der Waals surface area contributed by atoms with Crippen molar-refractivity contribution in [3.05, 3.63) is 0 Å². The van der Waals surface area contributed by atoms with Gasteiger partial charge in [0.25, 0.3) is 0 Å². The molecule has 0 saturated carbocycles. The molecule has 278 valence electrons. The third-order valence-corrected chi connectivity index (χ3v) is 13.9. The molecule has 0 aliphatic heterocycles. The van der Waals surface area contributed by atoms with E-state index in [4.69, 9.17) is 0 Å². The third kappa shape index (κ3) is 42.2. The molecule has 0 heterocycles. The Labute approximate surface area is 297 Å². The van der Waals surface area contributed by atoms with Crippen LogP contribution in [0.2, 0.25) is 18.6 Å². The van der Waals surface area contributed by atoms with E-state index in [-0.39, 0.29) is 0 Å². The number of hydrogen-bond donors (Lipinski definition) is 0. The average molecular weight is 663 g/mol. The minimum Gasteiger partial charge on any atom is -0.0720 e. The predicted octanol–water partition coefficient (Wildman–Crippen LogP) is 17.5. The Hall–Kier alpha value is 0.217. The first kappa shape index (κ1) is 46.2. The highest BCUT2D eigenvalue weighted by Crippen LogP contribution is 2.18. The highest BCUT2D eigenvalue weighted by Gasteiger charge is 2.04. The summed E-state index contributed by atoms with van der Waals surface area (Å²) in [6, 6.07) is 3.25. The zero-order chi connectivity index (χ0) is 33.3. The van der Waals surface area contributed by atoms with E-state index in [2.05, 4.69) is 20.4 Å². The number of unbranched alkanes of at least 4 members (excludes halogenated alkanes) is 38. The van der Waals surface area contributed by atoms with Crippen LogP contribution >= 0.6 is 0 Å². The van der Waals surface area contributed by atoms with Gasteiger partial charge in [-0.05, 0) is 0 Å². The molecule has 0 aromatic rings. The summed E-state index contributed by atoms with van der Waals surface area (Å²) >= 11 is 0. The van der Waals surface area contributed by atoms with Crippen molar-refractivity contribution in [2.75, 3.05) is 0 Å². The lowest BCUT2D eigenvalue weighted by molar-refractivity contribution is 0.522. The van der Waals surface area contributed by atoms with E-state index in [9.17, 15) is 0 Å². The van der Waals surface area contributed by atoms with Crippen molar-refractivity contribution in [2.45, 2.75) is 289 Å². The molecule has 0 N–H and O–H groups in total. The summed E-state index contributed by atoms with van der Waals surface area (Å²) in [5, 5.41) is 0. The van der Waals surface area contributed by atoms with E-state index in [0.29, 0.717) is 0 Å². The minimum atomic E-state index is -0.400. The molecular weight excluding hydrogens is 569 g/mol. The molecule has 0 aliphatic carbocycles. The second-order valence-corrected chi connectivity index (χ2v) is 19.5. The minimum absolute atomic E-state index is 0.400. The van der Waals surface area contributed by atoms with Crippen LogP contribution in [0, 0.1) is 0 Å². The quantitative estimate of drug-likeness (QED) is 0.0451. The fourth-order valence-corrected chi connectivity index (χ4v) is 9.90. The van der Waals surface area contributed by atoms with Gasteiger partial charge in [0.2, 0.25) is 0 Å². The van der Waals surface area contributed by atoms with Gasteiger partial charge in [0.1, 0.15) is 0 Å². The van der Waals surface area contributed by atoms with Gasteiger partial charge >= 0.3 is 0 Å². The standard InChI is InChI=1S/C45H94Si/c1-4-6-8-10-12-14-16-18-20-22-24-26-28-30-32-34-36-38-40-42-44-46(3)45-43-41-39-37-35-33-31-29-27-25-23-21-19-17-15-13-11-9-7-5-2/h46H,4-45H2,1-3H3. The van der Waals surface area contributed by atoms with Gasteiger partial charge < -0.3 is 0 Å².